The Bertz CT molecular complexity index is 2170. The molecule has 46 heavy (non-hydrogen) atoms. The predicted molar refractivity (Wildman–Crippen MR) is 172 cm³/mol. The summed E-state index contributed by atoms with van der Waals surface area (Å²) in [5.74, 6) is -9.69. The average molecular weight is 639 g/mol. The number of nitrogens with zero attached hydrogens (tertiary/aromatic N) is 2. The second kappa shape index (κ2) is 12.0. The van der Waals surface area contributed by atoms with Crippen molar-refractivity contribution in [3.63, 3.8) is 0 Å². The second-order valence-corrected chi connectivity index (χ2v) is 12.8. The second-order valence-electron chi connectivity index (χ2n) is 10.7. The van der Waals surface area contributed by atoms with Crippen LogP contribution < -0.4 is 10.6 Å². The van der Waals surface area contributed by atoms with E-state index in [-0.39, 0.29) is 0 Å². The summed E-state index contributed by atoms with van der Waals surface area (Å²) in [7, 11) is -0.990. The van der Waals surface area contributed by atoms with Crippen LogP contribution in [0.2, 0.25) is 0 Å². The number of hydrogen-bond acceptors (Lipinski definition) is 2. The van der Waals surface area contributed by atoms with Gasteiger partial charge in [0, 0.05) is 27.6 Å². The van der Waals surface area contributed by atoms with Crippen LogP contribution in [-0.2, 0) is 6.54 Å². The molecule has 0 saturated heterocycles. The molecule has 2 aromatic heterocycles. The van der Waals surface area contributed by atoms with Crippen LogP contribution in [-0.4, -0.2) is 16.2 Å². The van der Waals surface area contributed by atoms with Crippen molar-refractivity contribution in [2.45, 2.75) is 6.54 Å². The Morgan fingerprint density at radius 1 is 0.652 bits per heavy atom. The van der Waals surface area contributed by atoms with E-state index in [0.717, 1.165) is 10.6 Å². The van der Waals surface area contributed by atoms with Gasteiger partial charge in [0.1, 0.15) is 11.4 Å². The van der Waals surface area contributed by atoms with Crippen LogP contribution in [0.1, 0.15) is 5.56 Å². The molecule has 0 aliphatic carbocycles. The average Bonchev–Trinajstić information content (AvgIpc) is 3.74. The number of rotatable bonds is 7. The van der Waals surface area contributed by atoms with Gasteiger partial charge in [-0.25, -0.2) is 26.9 Å². The van der Waals surface area contributed by atoms with Gasteiger partial charge in [-0.3, -0.25) is 0 Å². The number of hydrogen-bond donors (Lipinski definition) is 0. The van der Waals surface area contributed by atoms with E-state index in [1.165, 1.54) is 0 Å². The number of halogens is 5. The quantitative estimate of drug-likeness (QED) is 0.0754. The van der Waals surface area contributed by atoms with E-state index >= 15 is 8.78 Å². The molecule has 0 saturated carbocycles. The van der Waals surface area contributed by atoms with Gasteiger partial charge in [-0.05, 0) is 43.4 Å². The Labute approximate surface area is 262 Å². The smallest absolute Gasteiger partial charge is 0.200 e. The lowest BCUT2D eigenvalue weighted by Crippen LogP contribution is -2.17. The van der Waals surface area contributed by atoms with Crippen LogP contribution in [0, 0.1) is 29.1 Å². The summed E-state index contributed by atoms with van der Waals surface area (Å²) in [5, 5.41) is 2.68. The summed E-state index contributed by atoms with van der Waals surface area (Å²) in [5.41, 5.74) is 2.54. The molecule has 0 spiro atoms. The maximum absolute atomic E-state index is 15.4. The van der Waals surface area contributed by atoms with E-state index in [0.29, 0.717) is 44.9 Å². The third kappa shape index (κ3) is 4.99. The Kier molecular flexibility index (Phi) is 7.75. The van der Waals surface area contributed by atoms with Gasteiger partial charge in [0.15, 0.2) is 23.3 Å². The fourth-order valence-electron chi connectivity index (χ4n) is 5.77. The van der Waals surface area contributed by atoms with Crippen molar-refractivity contribution < 1.29 is 26.4 Å². The van der Waals surface area contributed by atoms with Crippen molar-refractivity contribution in [2.24, 2.45) is 0 Å². The number of imidazole rings is 1. The first-order valence-electron chi connectivity index (χ1n) is 14.4. The molecule has 228 valence electrons. The maximum Gasteiger partial charge on any atom is 0.200 e. The molecule has 7 aromatic rings. The largest absolute Gasteiger partial charge is 0.464 e. The first kappa shape index (κ1) is 29.6. The van der Waals surface area contributed by atoms with Gasteiger partial charge < -0.3 is 8.98 Å². The van der Waals surface area contributed by atoms with Crippen LogP contribution in [0.4, 0.5) is 22.0 Å². The topological polar surface area (TPSA) is 31.0 Å². The lowest BCUT2D eigenvalue weighted by molar-refractivity contribution is 0.368. The summed E-state index contributed by atoms with van der Waals surface area (Å²) in [6, 6.07) is 33.8. The minimum atomic E-state index is -2.21. The van der Waals surface area contributed by atoms with Gasteiger partial charge in [0.05, 0.1) is 24.2 Å². The van der Waals surface area contributed by atoms with Crippen molar-refractivity contribution in [3.8, 4) is 33.9 Å². The third-order valence-corrected chi connectivity index (χ3v) is 10.2. The van der Waals surface area contributed by atoms with E-state index < -0.39 is 49.1 Å². The molecule has 0 aliphatic rings. The first-order valence-corrected chi connectivity index (χ1v) is 16.1. The number of benzene rings is 5. The highest BCUT2D eigenvalue weighted by atomic mass is 31.1. The summed E-state index contributed by atoms with van der Waals surface area (Å²) < 4.78 is 81.3. The monoisotopic (exact) mass is 638 g/mol. The minimum Gasteiger partial charge on any atom is -0.464 e. The number of aromatic nitrogens is 2. The Morgan fingerprint density at radius 3 is 1.85 bits per heavy atom. The summed E-state index contributed by atoms with van der Waals surface area (Å²) >= 11 is 0. The molecule has 0 fully saturated rings. The van der Waals surface area contributed by atoms with Gasteiger partial charge in [-0.2, -0.15) is 0 Å². The van der Waals surface area contributed by atoms with Gasteiger partial charge >= 0.3 is 0 Å². The van der Waals surface area contributed by atoms with Gasteiger partial charge in [-0.15, -0.1) is 0 Å². The van der Waals surface area contributed by atoms with Crippen molar-refractivity contribution in [1.29, 1.82) is 0 Å². The van der Waals surface area contributed by atoms with E-state index in [2.05, 4.69) is 6.66 Å². The zero-order valence-corrected chi connectivity index (χ0v) is 25.2. The molecule has 2 heterocycles. The first-order chi connectivity index (χ1) is 22.3. The minimum absolute atomic E-state index is 0.300. The van der Waals surface area contributed by atoms with Gasteiger partial charge in [0.2, 0.25) is 5.82 Å². The molecule has 9 heteroatoms. The fraction of sp³-hybridized carbons (Fsp3) is 0.0541. The zero-order chi connectivity index (χ0) is 31.9. The van der Waals surface area contributed by atoms with Crippen LogP contribution in [0.15, 0.2) is 120 Å². The highest BCUT2D eigenvalue weighted by Gasteiger charge is 2.31. The van der Waals surface area contributed by atoms with Crippen LogP contribution in [0.25, 0.3) is 44.9 Å². The van der Waals surface area contributed by atoms with Crippen molar-refractivity contribution in [1.82, 2.24) is 9.55 Å². The van der Waals surface area contributed by atoms with Gasteiger partial charge in [-0.1, -0.05) is 91.0 Å². The normalized spacial score (nSPS) is 12.1. The van der Waals surface area contributed by atoms with E-state index in [1.54, 1.807) is 16.9 Å². The highest BCUT2D eigenvalue weighted by molar-refractivity contribution is 7.72. The maximum atomic E-state index is 15.4. The Morgan fingerprint density at radius 2 is 1.22 bits per heavy atom. The summed E-state index contributed by atoms with van der Waals surface area (Å²) in [6.07, 6.45) is 1.55. The van der Waals surface area contributed by atoms with Crippen molar-refractivity contribution in [2.75, 3.05) is 6.66 Å². The van der Waals surface area contributed by atoms with Crippen molar-refractivity contribution in [3.05, 3.63) is 150 Å². The number of furan rings is 1. The zero-order valence-electron chi connectivity index (χ0n) is 24.3. The molecule has 7 rings (SSSR count). The fourth-order valence-corrected chi connectivity index (χ4v) is 7.52. The molecule has 1 unspecified atom stereocenters. The van der Waals surface area contributed by atoms with E-state index in [1.807, 2.05) is 103 Å². The van der Waals surface area contributed by atoms with Crippen molar-refractivity contribution >= 4 is 29.5 Å². The molecule has 5 aromatic carbocycles. The van der Waals surface area contributed by atoms with Crippen LogP contribution >= 0.6 is 7.92 Å². The predicted octanol–water partition coefficient (Wildman–Crippen LogP) is 9.44. The molecule has 3 nitrogen and oxygen atoms in total. The summed E-state index contributed by atoms with van der Waals surface area (Å²) in [4.78, 5) is 5.14. The Hall–Kier alpha value is -5.07. The molecule has 0 radical (unpaired) electrons. The third-order valence-electron chi connectivity index (χ3n) is 8.02. The highest BCUT2D eigenvalue weighted by Crippen LogP contribution is 2.43. The molecule has 0 bridgehead atoms. The van der Waals surface area contributed by atoms with Gasteiger partial charge in [0.25, 0.3) is 0 Å². The lowest BCUT2D eigenvalue weighted by atomic mass is 10.0. The molecular weight excluding hydrogens is 614 g/mol. The standard InChI is InChI=1S/C37H24F5N2OP/c1-46(24-15-9-4-10-16-24)28-18-17-27-25(19-20-45-27)29(28)37-43-35(22-11-5-2-6-12-22)36(23-13-7-3-8-14-23)44(37)21-26-30(38)32(40)34(42)33(41)31(26)39/h2-20H,21H2,1H3. The lowest BCUT2D eigenvalue weighted by Gasteiger charge is -2.20. The molecule has 0 amide bonds. The molecule has 0 aliphatic heterocycles. The summed E-state index contributed by atoms with van der Waals surface area (Å²) in [6.45, 7) is 1.41. The van der Waals surface area contributed by atoms with Crippen LogP contribution in [0.3, 0.4) is 0 Å². The molecule has 0 N–H and O–H groups in total. The number of fused-ring (bicyclic) bond motifs is 1. The van der Waals surface area contributed by atoms with E-state index in [4.69, 9.17) is 9.40 Å². The SMILES string of the molecule is CP(c1ccccc1)c1ccc2occc2c1-c1nc(-c2ccccc2)c(-c2ccccc2)n1Cc1c(F)c(F)c(F)c(F)c1F. The van der Waals surface area contributed by atoms with E-state index in [9.17, 15) is 13.2 Å². The molecule has 1 atom stereocenters. The molecular formula is C37H24F5N2OP. The van der Waals surface area contributed by atoms with Crippen LogP contribution in [0.5, 0.6) is 0 Å². The Balaban J connectivity index is 1.60.